The van der Waals surface area contributed by atoms with Crippen molar-refractivity contribution in [2.75, 3.05) is 0 Å². The van der Waals surface area contributed by atoms with Crippen molar-refractivity contribution < 1.29 is 4.79 Å². The van der Waals surface area contributed by atoms with Gasteiger partial charge in [0.05, 0.1) is 6.41 Å². The van der Waals surface area contributed by atoms with Crippen LogP contribution in [0.5, 0.6) is 0 Å². The van der Waals surface area contributed by atoms with Gasteiger partial charge in [-0.25, -0.2) is 0 Å². The molecular weight excluding hydrogens is 202 g/mol. The van der Waals surface area contributed by atoms with Gasteiger partial charge in [-0.3, -0.25) is 0 Å². The average molecular weight is 223 g/mol. The molecule has 0 aromatic carbocycles. The molecule has 2 nitrogen and oxygen atoms in total. The second-order valence-corrected chi connectivity index (χ2v) is 3.41. The molecule has 0 aliphatic carbocycles. The Morgan fingerprint density at radius 1 is 1.07 bits per heavy atom. The van der Waals surface area contributed by atoms with Gasteiger partial charge < -0.3 is 34.7 Å². The van der Waals surface area contributed by atoms with Gasteiger partial charge in [0.25, 0.3) is 0 Å². The van der Waals surface area contributed by atoms with Crippen LogP contribution in [0, 0.1) is 18.4 Å². The van der Waals surface area contributed by atoms with Crippen LogP contribution in [0.25, 0.3) is 0 Å². The van der Waals surface area contributed by atoms with E-state index in [2.05, 4.69) is 48.1 Å². The van der Waals surface area contributed by atoms with Crippen molar-refractivity contribution in [1.29, 1.82) is 0 Å². The molecular formula is C11H21CaNO-2. The second kappa shape index (κ2) is 23.4. The molecule has 3 heteroatoms. The molecule has 0 fully saturated rings. The SMILES string of the molecule is C[C-](C)C.C[C-](C)C.[CH-]=CN[C-]=O.[Ca+2]. The van der Waals surface area contributed by atoms with Gasteiger partial charge in [-0.1, -0.05) is 0 Å². The first kappa shape index (κ1) is 24.0. The third-order valence-corrected chi connectivity index (χ3v) is 0.142. The van der Waals surface area contributed by atoms with Crippen molar-refractivity contribution in [2.45, 2.75) is 41.5 Å². The zero-order valence-electron chi connectivity index (χ0n) is 10.3. The minimum Gasteiger partial charge on any atom is -0.603 e. The largest absolute Gasteiger partial charge is 2.00 e. The number of hydrogen-bond acceptors (Lipinski definition) is 1. The molecule has 0 heterocycles. The summed E-state index contributed by atoms with van der Waals surface area (Å²) in [6, 6.07) is 0. The predicted octanol–water partition coefficient (Wildman–Crippen LogP) is 2.45. The molecule has 0 aliphatic rings. The Bertz CT molecular complexity index is 86.0. The Labute approximate surface area is 120 Å². The molecule has 0 atom stereocenters. The molecule has 1 amide bonds. The molecule has 1 N–H and O–H groups in total. The summed E-state index contributed by atoms with van der Waals surface area (Å²) in [5, 5.41) is 1.96. The zero-order chi connectivity index (χ0) is 11.3. The molecule has 0 radical (unpaired) electrons. The molecule has 0 rings (SSSR count). The van der Waals surface area contributed by atoms with Crippen molar-refractivity contribution in [3.63, 3.8) is 0 Å². The van der Waals surface area contributed by atoms with Gasteiger partial charge >= 0.3 is 37.7 Å². The number of amides is 1. The number of hydrogen-bond donors (Lipinski definition) is 1. The topological polar surface area (TPSA) is 29.1 Å². The van der Waals surface area contributed by atoms with E-state index in [4.69, 9.17) is 4.79 Å². The second-order valence-electron chi connectivity index (χ2n) is 3.41. The van der Waals surface area contributed by atoms with E-state index < -0.39 is 0 Å². The molecule has 0 aromatic rings. The number of carbonyl (C=O) groups excluding carboxylic acids is 1. The molecule has 0 aliphatic heterocycles. The Balaban J connectivity index is -0.0000000522. The van der Waals surface area contributed by atoms with Gasteiger partial charge in [0.1, 0.15) is 0 Å². The van der Waals surface area contributed by atoms with Crippen LogP contribution in [-0.4, -0.2) is 44.1 Å². The van der Waals surface area contributed by atoms with Crippen molar-refractivity contribution in [1.82, 2.24) is 5.32 Å². The Morgan fingerprint density at radius 2 is 1.29 bits per heavy atom. The van der Waals surface area contributed by atoms with Crippen LogP contribution in [0.3, 0.4) is 0 Å². The third-order valence-electron chi connectivity index (χ3n) is 0.142. The van der Waals surface area contributed by atoms with E-state index in [1.807, 2.05) is 5.32 Å². The van der Waals surface area contributed by atoms with Crippen LogP contribution >= 0.6 is 0 Å². The van der Waals surface area contributed by atoms with E-state index in [9.17, 15) is 0 Å². The minimum absolute atomic E-state index is 0. The normalized spacial score (nSPS) is 7.14. The molecule has 80 valence electrons. The van der Waals surface area contributed by atoms with E-state index in [0.29, 0.717) is 0 Å². The number of rotatable bonds is 2. The van der Waals surface area contributed by atoms with E-state index in [1.54, 1.807) is 0 Å². The monoisotopic (exact) mass is 223 g/mol. The fourth-order valence-electron chi connectivity index (χ4n) is 0.0340. The van der Waals surface area contributed by atoms with Crippen molar-refractivity contribution in [3.8, 4) is 0 Å². The first-order valence-electron chi connectivity index (χ1n) is 4.08. The van der Waals surface area contributed by atoms with Gasteiger partial charge in [-0.05, 0) is 0 Å². The first-order valence-corrected chi connectivity index (χ1v) is 4.08. The maximum absolute atomic E-state index is 9.06. The van der Waals surface area contributed by atoms with Crippen molar-refractivity contribution >= 4 is 44.1 Å². The smallest absolute Gasteiger partial charge is 0.603 e. The Hall–Kier alpha value is 0.470. The van der Waals surface area contributed by atoms with Gasteiger partial charge in [-0.2, -0.15) is 41.5 Å². The summed E-state index contributed by atoms with van der Waals surface area (Å²) in [6.07, 6.45) is 2.34. The third kappa shape index (κ3) is 269. The van der Waals surface area contributed by atoms with E-state index in [1.165, 1.54) is 18.2 Å². The van der Waals surface area contributed by atoms with Crippen LogP contribution in [0.15, 0.2) is 6.20 Å². The molecule has 0 saturated carbocycles. The predicted molar refractivity (Wildman–Crippen MR) is 64.0 cm³/mol. The van der Waals surface area contributed by atoms with Crippen molar-refractivity contribution in [2.24, 2.45) is 0 Å². The van der Waals surface area contributed by atoms with Crippen LogP contribution < -0.4 is 5.32 Å². The van der Waals surface area contributed by atoms with Gasteiger partial charge in [0.15, 0.2) is 0 Å². The number of nitrogens with one attached hydrogen (secondary N) is 1. The van der Waals surface area contributed by atoms with Crippen LogP contribution in [0.4, 0.5) is 0 Å². The van der Waals surface area contributed by atoms with Gasteiger partial charge in [-0.15, -0.1) is 0 Å². The maximum Gasteiger partial charge on any atom is 2.00 e. The summed E-state index contributed by atoms with van der Waals surface area (Å²) in [4.78, 5) is 9.06. The molecule has 0 aromatic heterocycles. The molecule has 0 unspecified atom stereocenters. The fraction of sp³-hybridized carbons (Fsp3) is 0.545. The van der Waals surface area contributed by atoms with E-state index in [0.717, 1.165) is 6.20 Å². The molecule has 0 saturated heterocycles. The summed E-state index contributed by atoms with van der Waals surface area (Å²) in [5.74, 6) is 2.83. The molecule has 0 spiro atoms. The maximum atomic E-state index is 9.06. The van der Waals surface area contributed by atoms with Crippen LogP contribution in [-0.2, 0) is 4.79 Å². The average Bonchev–Trinajstić information content (AvgIpc) is 1.86. The standard InChI is InChI=1S/2C4H9.C3H3NO.Ca/c2*1-4(2)3;1-2-4-3-5;/h2*1-3H3;1-2H,(H,4,5);/q2*-1;-2;+2. The summed E-state index contributed by atoms with van der Waals surface area (Å²) < 4.78 is 0. The van der Waals surface area contributed by atoms with Crippen molar-refractivity contribution in [3.05, 3.63) is 24.6 Å². The summed E-state index contributed by atoms with van der Waals surface area (Å²) in [6.45, 7) is 17.1. The summed E-state index contributed by atoms with van der Waals surface area (Å²) in [7, 11) is 0. The minimum atomic E-state index is 0. The van der Waals surface area contributed by atoms with Crippen LogP contribution in [0.1, 0.15) is 41.5 Å². The Kier molecular flexibility index (Phi) is 40.0. The summed E-state index contributed by atoms with van der Waals surface area (Å²) >= 11 is 0. The quantitative estimate of drug-likeness (QED) is 0.435. The summed E-state index contributed by atoms with van der Waals surface area (Å²) in [5.41, 5.74) is 0. The first-order chi connectivity index (χ1) is 5.88. The van der Waals surface area contributed by atoms with E-state index >= 15 is 0 Å². The fourth-order valence-corrected chi connectivity index (χ4v) is 0.0340. The van der Waals surface area contributed by atoms with Crippen LogP contribution in [0.2, 0.25) is 0 Å². The van der Waals surface area contributed by atoms with E-state index in [-0.39, 0.29) is 37.7 Å². The van der Waals surface area contributed by atoms with Gasteiger partial charge in [0, 0.05) is 0 Å². The zero-order valence-corrected chi connectivity index (χ0v) is 12.5. The van der Waals surface area contributed by atoms with Gasteiger partial charge in [0.2, 0.25) is 0 Å². The molecule has 14 heavy (non-hydrogen) atoms. The molecule has 0 bridgehead atoms. The Morgan fingerprint density at radius 3 is 1.29 bits per heavy atom.